The molecule has 0 spiro atoms. The van der Waals surface area contributed by atoms with Gasteiger partial charge in [-0.25, -0.2) is 0 Å². The lowest BCUT2D eigenvalue weighted by molar-refractivity contribution is 1.25. The molecule has 220 valence electrons. The van der Waals surface area contributed by atoms with E-state index in [0.29, 0.717) is 11.1 Å². The quantitative estimate of drug-likeness (QED) is 0.165. The average molecular weight is 593 g/mol. The summed E-state index contributed by atoms with van der Waals surface area (Å²) in [6.07, 6.45) is 3.87. The van der Waals surface area contributed by atoms with Gasteiger partial charge in [-0.15, -0.1) is 0 Å². The molecule has 0 N–H and O–H groups in total. The first-order valence-corrected chi connectivity index (χ1v) is 15.1. The molecule has 0 amide bonds. The van der Waals surface area contributed by atoms with E-state index < -0.39 is 0 Å². The lowest BCUT2D eigenvalue weighted by Crippen LogP contribution is -2.12. The second kappa shape index (κ2) is 13.5. The maximum atomic E-state index is 9.62. The van der Waals surface area contributed by atoms with Gasteiger partial charge in [-0.1, -0.05) is 78.4 Å². The molecule has 0 aliphatic carbocycles. The highest BCUT2D eigenvalue weighted by atomic mass is 15.2. The van der Waals surface area contributed by atoms with Crippen LogP contribution < -0.4 is 9.80 Å². The van der Waals surface area contributed by atoms with E-state index in [4.69, 9.17) is 0 Å². The van der Waals surface area contributed by atoms with Crippen molar-refractivity contribution in [1.82, 2.24) is 0 Å². The van der Waals surface area contributed by atoms with Crippen molar-refractivity contribution in [3.05, 3.63) is 179 Å². The average Bonchev–Trinajstić information content (AvgIpc) is 3.11. The highest BCUT2D eigenvalue weighted by Gasteiger charge is 2.16. The largest absolute Gasteiger partial charge is 0.311 e. The molecule has 0 heterocycles. The Bertz CT molecular complexity index is 2050. The molecule has 4 nitrogen and oxygen atoms in total. The molecule has 0 unspecified atom stereocenters. The Morgan fingerprint density at radius 1 is 0.457 bits per heavy atom. The fourth-order valence-electron chi connectivity index (χ4n) is 5.49. The zero-order valence-corrected chi connectivity index (χ0v) is 25.8. The molecule has 6 aromatic carbocycles. The minimum atomic E-state index is 0.552. The van der Waals surface area contributed by atoms with Gasteiger partial charge in [0.25, 0.3) is 0 Å². The summed E-state index contributed by atoms with van der Waals surface area (Å²) in [5, 5.41) is 19.1. The molecule has 0 radical (unpaired) electrons. The van der Waals surface area contributed by atoms with Crippen molar-refractivity contribution in [2.45, 2.75) is 13.8 Å². The Kier molecular flexibility index (Phi) is 8.73. The van der Waals surface area contributed by atoms with E-state index in [2.05, 4.69) is 138 Å². The zero-order chi connectivity index (χ0) is 31.9. The number of benzene rings is 6. The summed E-state index contributed by atoms with van der Waals surface area (Å²) in [5.41, 5.74) is 11.3. The van der Waals surface area contributed by atoms with E-state index in [-0.39, 0.29) is 0 Å². The lowest BCUT2D eigenvalue weighted by Gasteiger charge is -2.28. The van der Waals surface area contributed by atoms with E-state index in [0.717, 1.165) is 50.8 Å². The molecule has 0 aliphatic heterocycles. The number of hydrogen-bond donors (Lipinski definition) is 0. The fourth-order valence-corrected chi connectivity index (χ4v) is 5.49. The Balaban J connectivity index is 1.33. The van der Waals surface area contributed by atoms with E-state index in [1.165, 1.54) is 5.56 Å². The van der Waals surface area contributed by atoms with Crippen molar-refractivity contribution in [2.75, 3.05) is 9.80 Å². The van der Waals surface area contributed by atoms with Crippen LogP contribution in [0, 0.1) is 36.5 Å². The summed E-state index contributed by atoms with van der Waals surface area (Å²) < 4.78 is 0. The predicted octanol–water partition coefficient (Wildman–Crippen LogP) is 11.2. The number of hydrogen-bond acceptors (Lipinski definition) is 4. The molecule has 6 rings (SSSR count). The third kappa shape index (κ3) is 6.43. The van der Waals surface area contributed by atoms with Crippen molar-refractivity contribution in [3.63, 3.8) is 0 Å². The number of aryl methyl sites for hydroxylation is 2. The Morgan fingerprint density at radius 2 is 0.870 bits per heavy atom. The van der Waals surface area contributed by atoms with Crippen LogP contribution in [0.1, 0.15) is 33.4 Å². The molecule has 0 saturated heterocycles. The zero-order valence-electron chi connectivity index (χ0n) is 25.8. The van der Waals surface area contributed by atoms with Crippen molar-refractivity contribution in [3.8, 4) is 12.1 Å². The normalized spacial score (nSPS) is 10.7. The maximum absolute atomic E-state index is 9.62. The molecule has 0 aliphatic rings. The summed E-state index contributed by atoms with van der Waals surface area (Å²) in [7, 11) is 0. The topological polar surface area (TPSA) is 54.1 Å². The van der Waals surface area contributed by atoms with Crippen LogP contribution in [0.2, 0.25) is 0 Å². The Labute approximate surface area is 271 Å². The standard InChI is InChI=1S/C42H32N4/c1-31-13-19-39(20-14-31)45(37-9-5-3-6-10-37)41-23-25-42(26-24-41)46(38-11-7-4-8-12-38)40-21-16-33(17-22-40)15-18-34-28-35(29-43)32(2)27-36(34)30-44/h3-28H,1-2H3. The first-order chi connectivity index (χ1) is 22.5. The smallest absolute Gasteiger partial charge is 0.0998 e. The summed E-state index contributed by atoms with van der Waals surface area (Å²) in [6, 6.07) is 54.3. The van der Waals surface area contributed by atoms with Crippen molar-refractivity contribution < 1.29 is 0 Å². The van der Waals surface area contributed by atoms with Gasteiger partial charge in [0, 0.05) is 34.1 Å². The molecule has 0 bridgehead atoms. The third-order valence-corrected chi connectivity index (χ3v) is 7.93. The van der Waals surface area contributed by atoms with Gasteiger partial charge < -0.3 is 9.80 Å². The van der Waals surface area contributed by atoms with Crippen molar-refractivity contribution >= 4 is 46.3 Å². The highest BCUT2D eigenvalue weighted by molar-refractivity contribution is 5.82. The first kappa shape index (κ1) is 29.7. The van der Waals surface area contributed by atoms with E-state index in [1.54, 1.807) is 12.1 Å². The van der Waals surface area contributed by atoms with Crippen LogP contribution in [0.4, 0.5) is 34.1 Å². The van der Waals surface area contributed by atoms with Crippen LogP contribution in [0.3, 0.4) is 0 Å². The summed E-state index contributed by atoms with van der Waals surface area (Å²) in [4.78, 5) is 4.51. The maximum Gasteiger partial charge on any atom is 0.0998 e. The van der Waals surface area contributed by atoms with Gasteiger partial charge in [0.15, 0.2) is 0 Å². The molecule has 6 aromatic rings. The summed E-state index contributed by atoms with van der Waals surface area (Å²) in [5.74, 6) is 0. The lowest BCUT2D eigenvalue weighted by atomic mass is 9.99. The molecule has 46 heavy (non-hydrogen) atoms. The summed E-state index contributed by atoms with van der Waals surface area (Å²) >= 11 is 0. The van der Waals surface area contributed by atoms with Crippen LogP contribution in [0.25, 0.3) is 12.2 Å². The van der Waals surface area contributed by atoms with Gasteiger partial charge in [-0.2, -0.15) is 10.5 Å². The monoisotopic (exact) mass is 592 g/mol. The van der Waals surface area contributed by atoms with E-state index in [1.807, 2.05) is 43.3 Å². The Hall–Kier alpha value is -6.36. The molecule has 0 saturated carbocycles. The van der Waals surface area contributed by atoms with Crippen LogP contribution >= 0.6 is 0 Å². The molecule has 0 aromatic heterocycles. The van der Waals surface area contributed by atoms with Crippen LogP contribution in [-0.4, -0.2) is 0 Å². The molecular weight excluding hydrogens is 560 g/mol. The number of nitrogens with zero attached hydrogens (tertiary/aromatic N) is 4. The second-order valence-electron chi connectivity index (χ2n) is 11.1. The number of rotatable bonds is 8. The van der Waals surface area contributed by atoms with Gasteiger partial charge in [-0.3, -0.25) is 0 Å². The SMILES string of the molecule is Cc1ccc(N(c2ccccc2)c2ccc(N(c3ccccc3)c3ccc(C=Cc4cc(C#N)c(C)cc4C#N)cc3)cc2)cc1. The molecule has 0 fully saturated rings. The first-order valence-electron chi connectivity index (χ1n) is 15.1. The number of nitriles is 2. The van der Waals surface area contributed by atoms with Gasteiger partial charge in [0.1, 0.15) is 0 Å². The van der Waals surface area contributed by atoms with Crippen molar-refractivity contribution in [1.29, 1.82) is 10.5 Å². The van der Waals surface area contributed by atoms with Gasteiger partial charge >= 0.3 is 0 Å². The van der Waals surface area contributed by atoms with E-state index >= 15 is 0 Å². The minimum absolute atomic E-state index is 0.552. The molecule has 4 heteroatoms. The minimum Gasteiger partial charge on any atom is -0.311 e. The van der Waals surface area contributed by atoms with Crippen LogP contribution in [0.5, 0.6) is 0 Å². The Morgan fingerprint density at radius 3 is 1.33 bits per heavy atom. The molecule has 0 atom stereocenters. The second-order valence-corrected chi connectivity index (χ2v) is 11.1. The highest BCUT2D eigenvalue weighted by Crippen LogP contribution is 2.39. The van der Waals surface area contributed by atoms with Crippen LogP contribution in [-0.2, 0) is 0 Å². The van der Waals surface area contributed by atoms with Gasteiger partial charge in [-0.05, 0) is 115 Å². The van der Waals surface area contributed by atoms with Gasteiger partial charge in [0.2, 0.25) is 0 Å². The van der Waals surface area contributed by atoms with E-state index in [9.17, 15) is 10.5 Å². The number of para-hydroxylation sites is 2. The molecular formula is C42H32N4. The fraction of sp³-hybridized carbons (Fsp3) is 0.0476. The van der Waals surface area contributed by atoms with Crippen molar-refractivity contribution in [2.24, 2.45) is 0 Å². The van der Waals surface area contributed by atoms with Gasteiger partial charge in [0.05, 0.1) is 23.3 Å². The summed E-state index contributed by atoms with van der Waals surface area (Å²) in [6.45, 7) is 3.95. The van der Waals surface area contributed by atoms with Crippen LogP contribution in [0.15, 0.2) is 146 Å². The predicted molar refractivity (Wildman–Crippen MR) is 190 cm³/mol. The number of anilines is 6. The third-order valence-electron chi connectivity index (χ3n) is 7.93.